The first-order valence-electron chi connectivity index (χ1n) is 12.8. The number of amides is 2. The van der Waals surface area contributed by atoms with Crippen molar-refractivity contribution in [3.63, 3.8) is 0 Å². The lowest BCUT2D eigenvalue weighted by molar-refractivity contribution is -0.895. The highest BCUT2D eigenvalue weighted by molar-refractivity contribution is 6.04. The van der Waals surface area contributed by atoms with Crippen molar-refractivity contribution in [3.05, 3.63) is 89.9 Å². The molecular formula is C29H30N5O3+. The van der Waals surface area contributed by atoms with Crippen LogP contribution in [0.15, 0.2) is 77.4 Å². The molecule has 1 fully saturated rings. The van der Waals surface area contributed by atoms with Gasteiger partial charge < -0.3 is 24.4 Å². The number of quaternary nitrogens is 1. The molecule has 2 amide bonds. The Balaban J connectivity index is 1.16. The van der Waals surface area contributed by atoms with Crippen LogP contribution in [-0.4, -0.2) is 61.0 Å². The molecule has 0 atom stereocenters. The van der Waals surface area contributed by atoms with Crippen LogP contribution in [0.5, 0.6) is 0 Å². The number of furan rings is 1. The number of carbonyl (C=O) groups excluding carboxylic acids is 2. The van der Waals surface area contributed by atoms with Crippen LogP contribution in [0.3, 0.4) is 0 Å². The summed E-state index contributed by atoms with van der Waals surface area (Å²) in [4.78, 5) is 36.0. The molecule has 188 valence electrons. The molecule has 0 radical (unpaired) electrons. The van der Waals surface area contributed by atoms with Crippen LogP contribution in [-0.2, 0) is 17.8 Å². The maximum absolute atomic E-state index is 13.2. The zero-order valence-corrected chi connectivity index (χ0v) is 20.7. The van der Waals surface area contributed by atoms with Gasteiger partial charge in [-0.05, 0) is 30.2 Å². The molecule has 0 saturated carbocycles. The van der Waals surface area contributed by atoms with Gasteiger partial charge in [-0.25, -0.2) is 4.98 Å². The monoisotopic (exact) mass is 496 g/mol. The quantitative estimate of drug-likeness (QED) is 0.428. The molecular weight excluding hydrogens is 466 g/mol. The number of hydrogen-bond donors (Lipinski definition) is 2. The standard InChI is InChI=1S/C29H29N5O3/c35-26(20-32-14-16-33(17-15-32)29(36)25-11-6-18-37-25)31-27-22-9-4-5-10-24(22)30-28-23(27)12-13-34(28)19-21-7-2-1-3-8-21/h1-11,18H,12-17,19-20H2,(H,30,31,35)/p+1. The van der Waals surface area contributed by atoms with Crippen LogP contribution in [0.25, 0.3) is 10.9 Å². The number of piperazine rings is 1. The predicted molar refractivity (Wildman–Crippen MR) is 142 cm³/mol. The number of hydrogen-bond acceptors (Lipinski definition) is 5. The van der Waals surface area contributed by atoms with Crippen LogP contribution >= 0.6 is 0 Å². The average Bonchev–Trinajstić information content (AvgIpc) is 3.60. The zero-order valence-electron chi connectivity index (χ0n) is 20.7. The fourth-order valence-corrected chi connectivity index (χ4v) is 5.36. The second-order valence-corrected chi connectivity index (χ2v) is 9.71. The molecule has 4 heterocycles. The highest BCUT2D eigenvalue weighted by Crippen LogP contribution is 2.38. The lowest BCUT2D eigenvalue weighted by atomic mass is 10.1. The van der Waals surface area contributed by atoms with Crippen molar-refractivity contribution in [2.24, 2.45) is 0 Å². The average molecular weight is 497 g/mol. The number of para-hydroxylation sites is 1. The third-order valence-electron chi connectivity index (χ3n) is 7.28. The van der Waals surface area contributed by atoms with Crippen LogP contribution in [0.4, 0.5) is 11.5 Å². The van der Waals surface area contributed by atoms with Crippen molar-refractivity contribution < 1.29 is 18.9 Å². The van der Waals surface area contributed by atoms with Crippen molar-refractivity contribution in [1.82, 2.24) is 9.88 Å². The van der Waals surface area contributed by atoms with Gasteiger partial charge in [0.05, 0.1) is 43.6 Å². The first-order valence-corrected chi connectivity index (χ1v) is 12.8. The van der Waals surface area contributed by atoms with E-state index in [0.29, 0.717) is 25.4 Å². The summed E-state index contributed by atoms with van der Waals surface area (Å²) < 4.78 is 5.25. The fraction of sp³-hybridized carbons (Fsp3) is 0.276. The summed E-state index contributed by atoms with van der Waals surface area (Å²) >= 11 is 0. The lowest BCUT2D eigenvalue weighted by Crippen LogP contribution is -3.15. The predicted octanol–water partition coefficient (Wildman–Crippen LogP) is 2.37. The number of anilines is 2. The molecule has 2 aliphatic heterocycles. The van der Waals surface area contributed by atoms with Gasteiger partial charge in [0.15, 0.2) is 12.3 Å². The van der Waals surface area contributed by atoms with Crippen molar-refractivity contribution in [2.45, 2.75) is 13.0 Å². The minimum Gasteiger partial charge on any atom is -0.459 e. The van der Waals surface area contributed by atoms with E-state index in [-0.39, 0.29) is 11.8 Å². The highest BCUT2D eigenvalue weighted by atomic mass is 16.3. The second-order valence-electron chi connectivity index (χ2n) is 9.71. The van der Waals surface area contributed by atoms with Gasteiger partial charge in [-0.15, -0.1) is 0 Å². The summed E-state index contributed by atoms with van der Waals surface area (Å²) in [6.07, 6.45) is 2.36. The Morgan fingerprint density at radius 3 is 2.51 bits per heavy atom. The summed E-state index contributed by atoms with van der Waals surface area (Å²) in [5.41, 5.74) is 4.11. The Morgan fingerprint density at radius 1 is 0.946 bits per heavy atom. The fourth-order valence-electron chi connectivity index (χ4n) is 5.36. The van der Waals surface area contributed by atoms with Crippen LogP contribution in [0.2, 0.25) is 0 Å². The second kappa shape index (κ2) is 10.1. The van der Waals surface area contributed by atoms with Gasteiger partial charge >= 0.3 is 0 Å². The summed E-state index contributed by atoms with van der Waals surface area (Å²) in [5.74, 6) is 1.21. The number of nitrogens with one attached hydrogen (secondary N) is 2. The van der Waals surface area contributed by atoms with E-state index in [1.807, 2.05) is 30.3 Å². The van der Waals surface area contributed by atoms with E-state index < -0.39 is 0 Å². The smallest absolute Gasteiger partial charge is 0.289 e. The Hall–Kier alpha value is -4.17. The van der Waals surface area contributed by atoms with Crippen molar-refractivity contribution in [1.29, 1.82) is 0 Å². The van der Waals surface area contributed by atoms with E-state index in [9.17, 15) is 9.59 Å². The lowest BCUT2D eigenvalue weighted by Gasteiger charge is -2.31. The van der Waals surface area contributed by atoms with E-state index >= 15 is 0 Å². The molecule has 8 heteroatoms. The Bertz CT molecular complexity index is 1410. The molecule has 8 nitrogen and oxygen atoms in total. The summed E-state index contributed by atoms with van der Waals surface area (Å²) in [6.45, 7) is 4.67. The molecule has 1 saturated heterocycles. The van der Waals surface area contributed by atoms with Gasteiger partial charge in [0, 0.05) is 24.0 Å². The van der Waals surface area contributed by atoms with Gasteiger partial charge in [-0.1, -0.05) is 48.5 Å². The third-order valence-corrected chi connectivity index (χ3v) is 7.28. The first kappa shape index (κ1) is 23.2. The van der Waals surface area contributed by atoms with Crippen LogP contribution in [0.1, 0.15) is 21.7 Å². The number of nitrogens with zero attached hydrogens (tertiary/aromatic N) is 3. The largest absolute Gasteiger partial charge is 0.459 e. The molecule has 37 heavy (non-hydrogen) atoms. The normalized spacial score (nSPS) is 15.7. The Kier molecular flexibility index (Phi) is 6.32. The van der Waals surface area contributed by atoms with E-state index in [2.05, 4.69) is 34.5 Å². The molecule has 0 spiro atoms. The Morgan fingerprint density at radius 2 is 1.73 bits per heavy atom. The molecule has 2 aromatic heterocycles. The first-order chi connectivity index (χ1) is 18.2. The van der Waals surface area contributed by atoms with Gasteiger partial charge in [0.1, 0.15) is 5.82 Å². The maximum Gasteiger partial charge on any atom is 0.289 e. The Labute approximate surface area is 215 Å². The molecule has 2 aliphatic rings. The number of benzene rings is 2. The minimum atomic E-state index is -0.0904. The summed E-state index contributed by atoms with van der Waals surface area (Å²) in [7, 11) is 0. The van der Waals surface area contributed by atoms with Crippen LogP contribution in [0, 0.1) is 0 Å². The number of pyridine rings is 1. The third kappa shape index (κ3) is 4.80. The molecule has 4 aromatic rings. The molecule has 0 unspecified atom stereocenters. The van der Waals surface area contributed by atoms with Gasteiger partial charge in [-0.2, -0.15) is 0 Å². The topological polar surface area (TPSA) is 83.1 Å². The van der Waals surface area contributed by atoms with Gasteiger partial charge in [0.25, 0.3) is 11.8 Å². The van der Waals surface area contributed by atoms with Crippen LogP contribution < -0.4 is 15.1 Å². The van der Waals surface area contributed by atoms with E-state index in [1.165, 1.54) is 16.7 Å². The molecule has 0 bridgehead atoms. The molecule has 2 N–H and O–H groups in total. The minimum absolute atomic E-state index is 0.0131. The summed E-state index contributed by atoms with van der Waals surface area (Å²) in [5, 5.41) is 4.22. The van der Waals surface area contributed by atoms with E-state index in [4.69, 9.17) is 9.40 Å². The number of carbonyl (C=O) groups is 2. The van der Waals surface area contributed by atoms with Crippen molar-refractivity contribution in [3.8, 4) is 0 Å². The maximum atomic E-state index is 13.2. The highest BCUT2D eigenvalue weighted by Gasteiger charge is 2.29. The zero-order chi connectivity index (χ0) is 25.2. The summed E-state index contributed by atoms with van der Waals surface area (Å²) in [6, 6.07) is 21.8. The van der Waals surface area contributed by atoms with E-state index in [1.54, 1.807) is 17.0 Å². The SMILES string of the molecule is O=C(C[NH+]1CCN(C(=O)c2ccco2)CC1)Nc1c2c(nc3ccccc13)N(Cc1ccccc1)CC2. The molecule has 6 rings (SSSR count). The van der Waals surface area contributed by atoms with Gasteiger partial charge in [-0.3, -0.25) is 9.59 Å². The van der Waals surface area contributed by atoms with Gasteiger partial charge in [0.2, 0.25) is 0 Å². The number of rotatable bonds is 6. The molecule has 2 aromatic carbocycles. The molecule has 0 aliphatic carbocycles. The van der Waals surface area contributed by atoms with E-state index in [0.717, 1.165) is 60.6 Å². The number of aromatic nitrogens is 1. The number of fused-ring (bicyclic) bond motifs is 2. The van der Waals surface area contributed by atoms with Crippen molar-refractivity contribution in [2.75, 3.05) is 49.5 Å². The van der Waals surface area contributed by atoms with Crippen molar-refractivity contribution >= 4 is 34.2 Å².